The van der Waals surface area contributed by atoms with Crippen LogP contribution in [0.4, 0.5) is 4.79 Å². The molecule has 0 bridgehead atoms. The Bertz CT molecular complexity index is 599. The van der Waals surface area contributed by atoms with Gasteiger partial charge in [-0.25, -0.2) is 9.78 Å². The van der Waals surface area contributed by atoms with Gasteiger partial charge in [0.2, 0.25) is 0 Å². The molecule has 86 valence electrons. The van der Waals surface area contributed by atoms with E-state index in [1.165, 1.54) is 0 Å². The molecule has 17 heavy (non-hydrogen) atoms. The number of aromatic nitrogens is 1. The van der Waals surface area contributed by atoms with Gasteiger partial charge in [0, 0.05) is 17.5 Å². The molecule has 1 aromatic carbocycles. The summed E-state index contributed by atoms with van der Waals surface area (Å²) in [6.07, 6.45) is 0. The second-order valence-electron chi connectivity index (χ2n) is 3.97. The van der Waals surface area contributed by atoms with Crippen molar-refractivity contribution in [3.63, 3.8) is 0 Å². The molecule has 3 rings (SSSR count). The lowest BCUT2D eigenvalue weighted by Gasteiger charge is -2.11. The number of benzene rings is 1. The molecule has 2 amide bonds. The number of carbonyl (C=O) groups excluding carboxylic acids is 1. The van der Waals surface area contributed by atoms with E-state index in [0.29, 0.717) is 11.7 Å². The van der Waals surface area contributed by atoms with Crippen molar-refractivity contribution in [1.82, 2.24) is 15.6 Å². The van der Waals surface area contributed by atoms with E-state index in [0.717, 1.165) is 16.5 Å². The first-order chi connectivity index (χ1) is 8.24. The lowest BCUT2D eigenvalue weighted by atomic mass is 10.1. The Kier molecular flexibility index (Phi) is 2.37. The fourth-order valence-electron chi connectivity index (χ4n) is 2.00. The minimum Gasteiger partial charge on any atom is -0.336 e. The Balaban J connectivity index is 2.10. The smallest absolute Gasteiger partial charge is 0.315 e. The first-order valence-electron chi connectivity index (χ1n) is 5.33. The standard InChI is InChI=1S/C12H10ClN3O/c13-11-8(10-6-14-12(17)16-10)5-7-3-1-2-4-9(7)15-11/h1-5,10H,6H2,(H2,14,16,17)/t10-/m1/s1. The number of fused-ring (bicyclic) bond motifs is 1. The Morgan fingerprint density at radius 2 is 2.18 bits per heavy atom. The highest BCUT2D eigenvalue weighted by molar-refractivity contribution is 6.30. The van der Waals surface area contributed by atoms with Gasteiger partial charge in [0.1, 0.15) is 5.15 Å². The van der Waals surface area contributed by atoms with E-state index in [1.54, 1.807) is 0 Å². The van der Waals surface area contributed by atoms with Gasteiger partial charge in [0.25, 0.3) is 0 Å². The molecule has 1 aliphatic heterocycles. The van der Waals surface area contributed by atoms with Crippen LogP contribution >= 0.6 is 11.6 Å². The number of halogens is 1. The Hall–Kier alpha value is -1.81. The van der Waals surface area contributed by atoms with Crippen molar-refractivity contribution < 1.29 is 4.79 Å². The molecule has 2 heterocycles. The number of urea groups is 1. The lowest BCUT2D eigenvalue weighted by molar-refractivity contribution is 0.247. The molecule has 5 heteroatoms. The molecule has 2 N–H and O–H groups in total. The number of nitrogens with zero attached hydrogens (tertiary/aromatic N) is 1. The summed E-state index contributed by atoms with van der Waals surface area (Å²) in [7, 11) is 0. The fourth-order valence-corrected chi connectivity index (χ4v) is 2.27. The zero-order valence-corrected chi connectivity index (χ0v) is 9.66. The van der Waals surface area contributed by atoms with Crippen LogP contribution in [-0.4, -0.2) is 17.6 Å². The summed E-state index contributed by atoms with van der Waals surface area (Å²) in [5, 5.41) is 6.97. The van der Waals surface area contributed by atoms with Crippen molar-refractivity contribution in [2.75, 3.05) is 6.54 Å². The second-order valence-corrected chi connectivity index (χ2v) is 4.33. The van der Waals surface area contributed by atoms with Crippen molar-refractivity contribution >= 4 is 28.5 Å². The maximum Gasteiger partial charge on any atom is 0.315 e. The lowest BCUT2D eigenvalue weighted by Crippen LogP contribution is -2.21. The minimum absolute atomic E-state index is 0.105. The zero-order valence-electron chi connectivity index (χ0n) is 8.90. The average Bonchev–Trinajstić information content (AvgIpc) is 2.75. The molecule has 1 atom stereocenters. The number of rotatable bonds is 1. The van der Waals surface area contributed by atoms with Gasteiger partial charge in [-0.2, -0.15) is 0 Å². The van der Waals surface area contributed by atoms with Crippen LogP contribution in [0.1, 0.15) is 11.6 Å². The van der Waals surface area contributed by atoms with Gasteiger partial charge in [-0.1, -0.05) is 29.8 Å². The van der Waals surface area contributed by atoms with E-state index in [-0.39, 0.29) is 12.1 Å². The van der Waals surface area contributed by atoms with Crippen molar-refractivity contribution in [2.45, 2.75) is 6.04 Å². The van der Waals surface area contributed by atoms with Crippen LogP contribution in [0.5, 0.6) is 0 Å². The molecule has 0 saturated carbocycles. The summed E-state index contributed by atoms with van der Waals surface area (Å²) in [6.45, 7) is 0.540. The number of hydrogen-bond acceptors (Lipinski definition) is 2. The molecule has 0 aliphatic carbocycles. The number of para-hydroxylation sites is 1. The van der Waals surface area contributed by atoms with Crippen molar-refractivity contribution in [2.24, 2.45) is 0 Å². The average molecular weight is 248 g/mol. The molecule has 1 aliphatic rings. The van der Waals surface area contributed by atoms with Crippen LogP contribution < -0.4 is 10.6 Å². The van der Waals surface area contributed by atoms with E-state index in [2.05, 4.69) is 15.6 Å². The van der Waals surface area contributed by atoms with E-state index in [4.69, 9.17) is 11.6 Å². The van der Waals surface area contributed by atoms with Gasteiger partial charge in [-0.05, 0) is 12.1 Å². The summed E-state index contributed by atoms with van der Waals surface area (Å²) < 4.78 is 0. The first-order valence-corrected chi connectivity index (χ1v) is 5.71. The van der Waals surface area contributed by atoms with Gasteiger partial charge in [-0.3, -0.25) is 0 Å². The fraction of sp³-hybridized carbons (Fsp3) is 0.167. The van der Waals surface area contributed by atoms with Crippen molar-refractivity contribution in [1.29, 1.82) is 0 Å². The number of hydrogen-bond donors (Lipinski definition) is 2. The van der Waals surface area contributed by atoms with E-state index in [1.807, 2.05) is 30.3 Å². The molecule has 1 aromatic heterocycles. The predicted octanol–water partition coefficient (Wildman–Crippen LogP) is 2.24. The summed E-state index contributed by atoms with van der Waals surface area (Å²) in [5.41, 5.74) is 1.71. The predicted molar refractivity (Wildman–Crippen MR) is 66.0 cm³/mol. The van der Waals surface area contributed by atoms with Gasteiger partial charge in [0.15, 0.2) is 0 Å². The Morgan fingerprint density at radius 3 is 2.94 bits per heavy atom. The van der Waals surface area contributed by atoms with Crippen LogP contribution in [0.15, 0.2) is 30.3 Å². The van der Waals surface area contributed by atoms with E-state index < -0.39 is 0 Å². The molecule has 0 unspecified atom stereocenters. The highest BCUT2D eigenvalue weighted by Crippen LogP contribution is 2.26. The van der Waals surface area contributed by atoms with E-state index in [9.17, 15) is 4.79 Å². The SMILES string of the molecule is O=C1NC[C@H](c2cc3ccccc3nc2Cl)N1. The van der Waals surface area contributed by atoms with Crippen molar-refractivity contribution in [3.05, 3.63) is 41.0 Å². The normalized spacial score (nSPS) is 19.1. The van der Waals surface area contributed by atoms with Gasteiger partial charge in [0.05, 0.1) is 11.6 Å². The highest BCUT2D eigenvalue weighted by atomic mass is 35.5. The number of pyridine rings is 1. The third-order valence-electron chi connectivity index (χ3n) is 2.85. The van der Waals surface area contributed by atoms with E-state index >= 15 is 0 Å². The molecule has 0 spiro atoms. The summed E-state index contributed by atoms with van der Waals surface area (Å²) in [4.78, 5) is 15.4. The second kappa shape index (κ2) is 3.89. The largest absolute Gasteiger partial charge is 0.336 e. The Labute approximate surface area is 103 Å². The highest BCUT2D eigenvalue weighted by Gasteiger charge is 2.24. The molecule has 1 saturated heterocycles. The molecule has 2 aromatic rings. The summed E-state index contributed by atoms with van der Waals surface area (Å²) >= 11 is 6.14. The van der Waals surface area contributed by atoms with Crippen LogP contribution in [-0.2, 0) is 0 Å². The van der Waals surface area contributed by atoms with Crippen LogP contribution in [0.2, 0.25) is 5.15 Å². The summed E-state index contributed by atoms with van der Waals surface area (Å²) in [5.74, 6) is 0. The van der Waals surface area contributed by atoms with Crippen LogP contribution in [0.25, 0.3) is 10.9 Å². The van der Waals surface area contributed by atoms with Crippen LogP contribution in [0.3, 0.4) is 0 Å². The minimum atomic E-state index is -0.167. The third-order valence-corrected chi connectivity index (χ3v) is 3.15. The molecule has 4 nitrogen and oxygen atoms in total. The van der Waals surface area contributed by atoms with Crippen LogP contribution in [0, 0.1) is 0 Å². The third kappa shape index (κ3) is 1.80. The zero-order chi connectivity index (χ0) is 11.8. The number of carbonyl (C=O) groups is 1. The topological polar surface area (TPSA) is 54.0 Å². The maximum absolute atomic E-state index is 11.1. The molecule has 1 fully saturated rings. The molecule has 0 radical (unpaired) electrons. The van der Waals surface area contributed by atoms with Gasteiger partial charge < -0.3 is 10.6 Å². The van der Waals surface area contributed by atoms with Crippen molar-refractivity contribution in [3.8, 4) is 0 Å². The summed E-state index contributed by atoms with van der Waals surface area (Å²) in [6, 6.07) is 9.47. The monoisotopic (exact) mass is 247 g/mol. The maximum atomic E-state index is 11.1. The first kappa shape index (κ1) is 10.4. The van der Waals surface area contributed by atoms with Gasteiger partial charge >= 0.3 is 6.03 Å². The number of amides is 2. The quantitative estimate of drug-likeness (QED) is 0.760. The molecular weight excluding hydrogens is 238 g/mol. The van der Waals surface area contributed by atoms with Gasteiger partial charge in [-0.15, -0.1) is 0 Å². The molecular formula is C12H10ClN3O. The number of nitrogens with one attached hydrogen (secondary N) is 2. The Morgan fingerprint density at radius 1 is 1.35 bits per heavy atom.